The van der Waals surface area contributed by atoms with Crippen LogP contribution in [0.5, 0.6) is 0 Å². The molecule has 2 saturated heterocycles. The molecule has 1 aromatic rings. The first-order valence-corrected chi connectivity index (χ1v) is 9.38. The summed E-state index contributed by atoms with van der Waals surface area (Å²) >= 11 is 0. The van der Waals surface area contributed by atoms with Crippen molar-refractivity contribution in [2.75, 3.05) is 64.3 Å². The number of urea groups is 1. The number of morpholine rings is 1. The van der Waals surface area contributed by atoms with Crippen molar-refractivity contribution in [3.05, 3.63) is 29.8 Å². The zero-order valence-electron chi connectivity index (χ0n) is 15.4. The predicted octanol–water partition coefficient (Wildman–Crippen LogP) is 1.26. The van der Waals surface area contributed by atoms with Gasteiger partial charge in [-0.15, -0.1) is 0 Å². The van der Waals surface area contributed by atoms with Crippen LogP contribution >= 0.6 is 0 Å². The van der Waals surface area contributed by atoms with Gasteiger partial charge in [0.15, 0.2) is 0 Å². The van der Waals surface area contributed by atoms with E-state index in [2.05, 4.69) is 23.2 Å². The van der Waals surface area contributed by atoms with E-state index in [4.69, 9.17) is 4.74 Å². The summed E-state index contributed by atoms with van der Waals surface area (Å²) in [5.41, 5.74) is 2.05. The third-order valence-electron chi connectivity index (χ3n) is 4.91. The highest BCUT2D eigenvalue weighted by Gasteiger charge is 2.26. The minimum absolute atomic E-state index is 0.00814. The van der Waals surface area contributed by atoms with Gasteiger partial charge in [0, 0.05) is 45.0 Å². The molecule has 3 amide bonds. The van der Waals surface area contributed by atoms with Crippen LogP contribution in [0.4, 0.5) is 10.5 Å². The maximum atomic E-state index is 12.5. The Kier molecular flexibility index (Phi) is 6.46. The molecule has 0 saturated carbocycles. The minimum Gasteiger partial charge on any atom is -0.378 e. The fourth-order valence-electron chi connectivity index (χ4n) is 3.32. The Balaban J connectivity index is 1.43. The summed E-state index contributed by atoms with van der Waals surface area (Å²) in [6, 6.07) is 8.03. The number of carbonyl (C=O) groups excluding carboxylic acids is 2. The molecule has 3 rings (SSSR count). The van der Waals surface area contributed by atoms with E-state index in [1.807, 2.05) is 28.0 Å². The second kappa shape index (κ2) is 9.00. The molecule has 0 radical (unpaired) electrons. The molecule has 0 aromatic heterocycles. The lowest BCUT2D eigenvalue weighted by Crippen LogP contribution is -2.55. The van der Waals surface area contributed by atoms with Crippen LogP contribution in [-0.2, 0) is 16.0 Å². The van der Waals surface area contributed by atoms with Crippen molar-refractivity contribution in [3.8, 4) is 0 Å². The second-order valence-corrected chi connectivity index (χ2v) is 6.75. The summed E-state index contributed by atoms with van der Waals surface area (Å²) in [4.78, 5) is 30.6. The predicted molar refractivity (Wildman–Crippen MR) is 100 cm³/mol. The number of benzene rings is 1. The van der Waals surface area contributed by atoms with E-state index in [9.17, 15) is 9.59 Å². The Bertz CT molecular complexity index is 623. The standard InChI is InChI=1S/C19H28N4O3/c1-2-16-4-3-5-17(14-16)20-18(24)15-21-6-8-22(9-7-21)19(25)23-10-12-26-13-11-23/h3-5,14H,2,6-13,15H2,1H3,(H,20,24). The molecule has 0 unspecified atom stereocenters. The summed E-state index contributed by atoms with van der Waals surface area (Å²) in [7, 11) is 0. The molecule has 2 aliphatic rings. The van der Waals surface area contributed by atoms with Gasteiger partial charge in [0.25, 0.3) is 0 Å². The van der Waals surface area contributed by atoms with Gasteiger partial charge in [0.05, 0.1) is 19.8 Å². The van der Waals surface area contributed by atoms with Gasteiger partial charge < -0.3 is 19.9 Å². The smallest absolute Gasteiger partial charge is 0.320 e. The topological polar surface area (TPSA) is 65.1 Å². The average Bonchev–Trinajstić information content (AvgIpc) is 2.69. The number of hydrogen-bond acceptors (Lipinski definition) is 4. The van der Waals surface area contributed by atoms with Crippen molar-refractivity contribution in [3.63, 3.8) is 0 Å². The summed E-state index contributed by atoms with van der Waals surface area (Å²) in [6.07, 6.45) is 0.947. The highest BCUT2D eigenvalue weighted by atomic mass is 16.5. The third-order valence-corrected chi connectivity index (χ3v) is 4.91. The maximum absolute atomic E-state index is 12.5. The zero-order chi connectivity index (χ0) is 18.4. The molecule has 2 fully saturated rings. The SMILES string of the molecule is CCc1cccc(NC(=O)CN2CCN(C(=O)N3CCOCC3)CC2)c1. The Labute approximate surface area is 154 Å². The molecule has 2 aliphatic heterocycles. The minimum atomic E-state index is -0.00814. The Morgan fingerprint density at radius 1 is 1.04 bits per heavy atom. The molecule has 0 aliphatic carbocycles. The number of rotatable bonds is 4. The summed E-state index contributed by atoms with van der Waals surface area (Å²) in [6.45, 7) is 7.78. The molecule has 0 bridgehead atoms. The van der Waals surface area contributed by atoms with Crippen LogP contribution in [0.2, 0.25) is 0 Å². The molecule has 7 nitrogen and oxygen atoms in total. The molecule has 0 spiro atoms. The van der Waals surface area contributed by atoms with Gasteiger partial charge in [-0.1, -0.05) is 19.1 Å². The van der Waals surface area contributed by atoms with Crippen molar-refractivity contribution < 1.29 is 14.3 Å². The van der Waals surface area contributed by atoms with Crippen molar-refractivity contribution in [2.24, 2.45) is 0 Å². The molecule has 26 heavy (non-hydrogen) atoms. The van der Waals surface area contributed by atoms with Gasteiger partial charge in [0.2, 0.25) is 5.91 Å². The normalized spacial score (nSPS) is 18.7. The monoisotopic (exact) mass is 360 g/mol. The van der Waals surface area contributed by atoms with Gasteiger partial charge in [-0.3, -0.25) is 9.69 Å². The Morgan fingerprint density at radius 2 is 1.73 bits per heavy atom. The van der Waals surface area contributed by atoms with Gasteiger partial charge >= 0.3 is 6.03 Å². The van der Waals surface area contributed by atoms with E-state index in [1.165, 1.54) is 5.56 Å². The van der Waals surface area contributed by atoms with Gasteiger partial charge in [-0.25, -0.2) is 4.79 Å². The second-order valence-electron chi connectivity index (χ2n) is 6.75. The van der Waals surface area contributed by atoms with Crippen LogP contribution in [0, 0.1) is 0 Å². The van der Waals surface area contributed by atoms with E-state index in [1.54, 1.807) is 0 Å². The molecule has 7 heteroatoms. The first-order chi connectivity index (χ1) is 12.7. The summed E-state index contributed by atoms with van der Waals surface area (Å²) in [5.74, 6) is -0.00814. The van der Waals surface area contributed by atoms with Crippen LogP contribution in [0.3, 0.4) is 0 Å². The first kappa shape index (κ1) is 18.7. The van der Waals surface area contributed by atoms with Crippen molar-refractivity contribution >= 4 is 17.6 Å². The van der Waals surface area contributed by atoms with E-state index < -0.39 is 0 Å². The molecule has 142 valence electrons. The van der Waals surface area contributed by atoms with Gasteiger partial charge in [0.1, 0.15) is 0 Å². The number of carbonyl (C=O) groups is 2. The van der Waals surface area contributed by atoms with E-state index in [-0.39, 0.29) is 11.9 Å². The van der Waals surface area contributed by atoms with E-state index in [0.29, 0.717) is 45.9 Å². The lowest BCUT2D eigenvalue weighted by Gasteiger charge is -2.38. The van der Waals surface area contributed by atoms with Gasteiger partial charge in [-0.05, 0) is 24.1 Å². The lowest BCUT2D eigenvalue weighted by atomic mass is 10.1. The van der Waals surface area contributed by atoms with Crippen LogP contribution in [0.1, 0.15) is 12.5 Å². The van der Waals surface area contributed by atoms with Crippen molar-refractivity contribution in [1.82, 2.24) is 14.7 Å². The number of nitrogens with one attached hydrogen (secondary N) is 1. The first-order valence-electron chi connectivity index (χ1n) is 9.38. The lowest BCUT2D eigenvalue weighted by molar-refractivity contribution is -0.117. The van der Waals surface area contributed by atoms with Crippen LogP contribution in [-0.4, -0.2) is 85.7 Å². The Hall–Kier alpha value is -2.12. The van der Waals surface area contributed by atoms with Crippen molar-refractivity contribution in [2.45, 2.75) is 13.3 Å². The number of ether oxygens (including phenoxy) is 1. The quantitative estimate of drug-likeness (QED) is 0.878. The average molecular weight is 360 g/mol. The largest absolute Gasteiger partial charge is 0.378 e. The number of amides is 3. The number of aryl methyl sites for hydroxylation is 1. The number of hydrogen-bond donors (Lipinski definition) is 1. The molecular weight excluding hydrogens is 332 g/mol. The highest BCUT2D eigenvalue weighted by Crippen LogP contribution is 2.12. The number of nitrogens with zero attached hydrogens (tertiary/aromatic N) is 3. The van der Waals surface area contributed by atoms with Gasteiger partial charge in [-0.2, -0.15) is 0 Å². The Morgan fingerprint density at radius 3 is 2.42 bits per heavy atom. The fourth-order valence-corrected chi connectivity index (χ4v) is 3.32. The van der Waals surface area contributed by atoms with Crippen molar-refractivity contribution in [1.29, 1.82) is 0 Å². The van der Waals surface area contributed by atoms with Crippen LogP contribution < -0.4 is 5.32 Å². The fraction of sp³-hybridized carbons (Fsp3) is 0.579. The molecule has 2 heterocycles. The highest BCUT2D eigenvalue weighted by molar-refractivity contribution is 5.92. The summed E-state index contributed by atoms with van der Waals surface area (Å²) < 4.78 is 5.30. The zero-order valence-corrected chi connectivity index (χ0v) is 15.4. The maximum Gasteiger partial charge on any atom is 0.320 e. The van der Waals surface area contributed by atoms with E-state index in [0.717, 1.165) is 25.2 Å². The number of anilines is 1. The molecular formula is C19H28N4O3. The van der Waals surface area contributed by atoms with Crippen LogP contribution in [0.25, 0.3) is 0 Å². The van der Waals surface area contributed by atoms with E-state index >= 15 is 0 Å². The third kappa shape index (κ3) is 4.95. The summed E-state index contributed by atoms with van der Waals surface area (Å²) in [5, 5.41) is 2.97. The van der Waals surface area contributed by atoms with Crippen LogP contribution in [0.15, 0.2) is 24.3 Å². The molecule has 1 N–H and O–H groups in total. The molecule has 0 atom stereocenters. The number of piperazine rings is 1. The molecule has 1 aromatic carbocycles.